The molecular weight excluding hydrogens is 304 g/mol. The second kappa shape index (κ2) is 8.16. The molecule has 1 fully saturated rings. The summed E-state index contributed by atoms with van der Waals surface area (Å²) in [5.74, 6) is 0.472. The zero-order chi connectivity index (χ0) is 17.6. The summed E-state index contributed by atoms with van der Waals surface area (Å²) in [5, 5.41) is 12.3. The molecule has 0 aromatic heterocycles. The van der Waals surface area contributed by atoms with Gasteiger partial charge in [0.15, 0.2) is 0 Å². The summed E-state index contributed by atoms with van der Waals surface area (Å²) >= 11 is 0. The number of hydrogen-bond donors (Lipinski definition) is 1. The molecule has 1 amide bonds. The van der Waals surface area contributed by atoms with E-state index < -0.39 is 5.60 Å². The second-order valence-corrected chi connectivity index (χ2v) is 6.49. The Balaban J connectivity index is 2.17. The Hall–Kier alpha value is -2.06. The number of anilines is 1. The van der Waals surface area contributed by atoms with Gasteiger partial charge in [0.1, 0.15) is 17.4 Å². The molecule has 0 heterocycles. The number of carbonyl (C=O) groups excluding carboxylic acids is 1. The number of amides is 1. The Morgan fingerprint density at radius 3 is 2.67 bits per heavy atom. The summed E-state index contributed by atoms with van der Waals surface area (Å²) in [6.07, 6.45) is 4.35. The normalized spacial score (nSPS) is 16.0. The van der Waals surface area contributed by atoms with Crippen LogP contribution in [0.5, 0.6) is 5.75 Å². The van der Waals surface area contributed by atoms with Crippen LogP contribution in [0, 0.1) is 11.3 Å². The van der Waals surface area contributed by atoms with Crippen LogP contribution in [0.2, 0.25) is 0 Å². The Kier molecular flexibility index (Phi) is 6.22. The molecule has 0 saturated heterocycles. The zero-order valence-corrected chi connectivity index (χ0v) is 14.7. The molecule has 0 atom stereocenters. The minimum Gasteiger partial charge on any atom is -0.491 e. The molecule has 0 spiro atoms. The molecule has 5 nitrogen and oxygen atoms in total. The lowest BCUT2D eigenvalue weighted by molar-refractivity contribution is -0.140. The Bertz CT molecular complexity index is 614. The smallest absolute Gasteiger partial charge is 0.256 e. The molecule has 1 aliphatic carbocycles. The van der Waals surface area contributed by atoms with Crippen molar-refractivity contribution in [1.82, 2.24) is 0 Å². The van der Waals surface area contributed by atoms with Gasteiger partial charge >= 0.3 is 0 Å². The average molecular weight is 330 g/mol. The van der Waals surface area contributed by atoms with Gasteiger partial charge in [-0.25, -0.2) is 0 Å². The van der Waals surface area contributed by atoms with Crippen LogP contribution in [-0.2, 0) is 9.53 Å². The van der Waals surface area contributed by atoms with Crippen LogP contribution in [-0.4, -0.2) is 24.2 Å². The third kappa shape index (κ3) is 4.27. The van der Waals surface area contributed by atoms with Crippen LogP contribution in [0.25, 0.3) is 0 Å². The lowest BCUT2D eigenvalue weighted by Crippen LogP contribution is -2.43. The third-order valence-electron chi connectivity index (χ3n) is 4.14. The van der Waals surface area contributed by atoms with Gasteiger partial charge < -0.3 is 14.8 Å². The number of hydrogen-bond acceptors (Lipinski definition) is 4. The van der Waals surface area contributed by atoms with E-state index >= 15 is 0 Å². The molecule has 1 saturated carbocycles. The number of ether oxygens (including phenoxy) is 2. The van der Waals surface area contributed by atoms with Gasteiger partial charge in [-0.15, -0.1) is 0 Å². The molecule has 5 heteroatoms. The van der Waals surface area contributed by atoms with Crippen molar-refractivity contribution >= 4 is 11.6 Å². The lowest BCUT2D eigenvalue weighted by atomic mass is 10.00. The molecule has 1 aromatic carbocycles. The molecule has 0 radical (unpaired) electrons. The van der Waals surface area contributed by atoms with Crippen molar-refractivity contribution in [2.24, 2.45) is 0 Å². The maximum Gasteiger partial charge on any atom is 0.256 e. The Morgan fingerprint density at radius 2 is 2.08 bits per heavy atom. The molecule has 24 heavy (non-hydrogen) atoms. The van der Waals surface area contributed by atoms with E-state index in [0.717, 1.165) is 32.1 Å². The van der Waals surface area contributed by atoms with Crippen molar-refractivity contribution in [2.75, 3.05) is 11.9 Å². The van der Waals surface area contributed by atoms with Gasteiger partial charge in [-0.05, 0) is 58.1 Å². The number of nitrogens with zero attached hydrogens (tertiary/aromatic N) is 1. The maximum atomic E-state index is 12.8. The third-order valence-corrected chi connectivity index (χ3v) is 4.14. The number of nitrogens with one attached hydrogen (secondary N) is 1. The van der Waals surface area contributed by atoms with E-state index in [4.69, 9.17) is 9.47 Å². The van der Waals surface area contributed by atoms with Crippen molar-refractivity contribution in [3.8, 4) is 11.8 Å². The van der Waals surface area contributed by atoms with Crippen LogP contribution >= 0.6 is 0 Å². The minimum absolute atomic E-state index is 0.0289. The molecule has 0 bridgehead atoms. The Labute approximate surface area is 144 Å². The Morgan fingerprint density at radius 1 is 1.38 bits per heavy atom. The van der Waals surface area contributed by atoms with Gasteiger partial charge in [-0.3, -0.25) is 4.79 Å². The molecular formula is C19H26N2O3. The van der Waals surface area contributed by atoms with E-state index in [2.05, 4.69) is 11.4 Å². The highest BCUT2D eigenvalue weighted by Gasteiger charge is 2.42. The van der Waals surface area contributed by atoms with E-state index in [9.17, 15) is 10.1 Å². The van der Waals surface area contributed by atoms with Crippen molar-refractivity contribution in [3.63, 3.8) is 0 Å². The first-order valence-electron chi connectivity index (χ1n) is 8.67. The summed E-state index contributed by atoms with van der Waals surface area (Å²) < 4.78 is 11.5. The van der Waals surface area contributed by atoms with Crippen molar-refractivity contribution in [2.45, 2.75) is 64.6 Å². The molecule has 0 aliphatic heterocycles. The van der Waals surface area contributed by atoms with Gasteiger partial charge in [0.2, 0.25) is 0 Å². The summed E-state index contributed by atoms with van der Waals surface area (Å²) in [6, 6.07) is 7.27. The number of benzene rings is 1. The topological polar surface area (TPSA) is 71.3 Å². The molecule has 1 aliphatic rings. The van der Waals surface area contributed by atoms with Gasteiger partial charge in [-0.2, -0.15) is 5.26 Å². The molecule has 0 unspecified atom stereocenters. The van der Waals surface area contributed by atoms with E-state index in [-0.39, 0.29) is 12.0 Å². The second-order valence-electron chi connectivity index (χ2n) is 6.49. The fourth-order valence-corrected chi connectivity index (χ4v) is 2.99. The summed E-state index contributed by atoms with van der Waals surface area (Å²) in [7, 11) is 0. The summed E-state index contributed by atoms with van der Waals surface area (Å²) in [4.78, 5) is 12.8. The predicted octanol–water partition coefficient (Wildman–Crippen LogP) is 4.02. The monoisotopic (exact) mass is 330 g/mol. The van der Waals surface area contributed by atoms with Gasteiger partial charge in [-0.1, -0.05) is 6.92 Å². The molecule has 1 aromatic rings. The van der Waals surface area contributed by atoms with Crippen LogP contribution in [0.15, 0.2) is 18.2 Å². The number of rotatable bonds is 7. The SMILES string of the molecule is CCCOC1(C(=O)Nc2ccc(OC(C)C)cc2C#N)CCCC1. The van der Waals surface area contributed by atoms with Crippen LogP contribution < -0.4 is 10.1 Å². The van der Waals surface area contributed by atoms with Crippen LogP contribution in [0.3, 0.4) is 0 Å². The van der Waals surface area contributed by atoms with Crippen LogP contribution in [0.1, 0.15) is 58.4 Å². The highest BCUT2D eigenvalue weighted by molar-refractivity contribution is 5.98. The number of carbonyl (C=O) groups is 1. The average Bonchev–Trinajstić information content (AvgIpc) is 3.04. The molecule has 1 N–H and O–H groups in total. The van der Waals surface area contributed by atoms with E-state index in [1.54, 1.807) is 18.2 Å². The van der Waals surface area contributed by atoms with E-state index in [0.29, 0.717) is 23.6 Å². The van der Waals surface area contributed by atoms with Gasteiger partial charge in [0.05, 0.1) is 17.4 Å². The summed E-state index contributed by atoms with van der Waals surface area (Å²) in [6.45, 7) is 6.45. The minimum atomic E-state index is -0.754. The first-order chi connectivity index (χ1) is 11.5. The summed E-state index contributed by atoms with van der Waals surface area (Å²) in [5.41, 5.74) is 0.144. The van der Waals surface area contributed by atoms with E-state index in [1.807, 2.05) is 20.8 Å². The fourth-order valence-electron chi connectivity index (χ4n) is 2.99. The predicted molar refractivity (Wildman–Crippen MR) is 93.0 cm³/mol. The van der Waals surface area contributed by atoms with Gasteiger partial charge in [0, 0.05) is 12.7 Å². The highest BCUT2D eigenvalue weighted by atomic mass is 16.5. The lowest BCUT2D eigenvalue weighted by Gasteiger charge is -2.28. The largest absolute Gasteiger partial charge is 0.491 e. The first-order valence-corrected chi connectivity index (χ1v) is 8.67. The van der Waals surface area contributed by atoms with Gasteiger partial charge in [0.25, 0.3) is 5.91 Å². The fraction of sp³-hybridized carbons (Fsp3) is 0.579. The maximum absolute atomic E-state index is 12.8. The van der Waals surface area contributed by atoms with Crippen molar-refractivity contribution in [3.05, 3.63) is 23.8 Å². The molecule has 130 valence electrons. The zero-order valence-electron chi connectivity index (χ0n) is 14.7. The molecule has 2 rings (SSSR count). The highest BCUT2D eigenvalue weighted by Crippen LogP contribution is 2.35. The van der Waals surface area contributed by atoms with Crippen molar-refractivity contribution in [1.29, 1.82) is 5.26 Å². The quantitative estimate of drug-likeness (QED) is 0.819. The van der Waals surface area contributed by atoms with E-state index in [1.165, 1.54) is 0 Å². The van der Waals surface area contributed by atoms with Crippen LogP contribution in [0.4, 0.5) is 5.69 Å². The first kappa shape index (κ1) is 18.3. The van der Waals surface area contributed by atoms with Crippen molar-refractivity contribution < 1.29 is 14.3 Å². The standard InChI is InChI=1S/C19H26N2O3/c1-4-11-23-19(9-5-6-10-19)18(22)21-17-8-7-16(24-14(2)3)12-15(17)13-20/h7-8,12,14H,4-6,9-11H2,1-3H3,(H,21,22). The number of nitriles is 1.